The zero-order valence-electron chi connectivity index (χ0n) is 39.8. The number of benzene rings is 3. The predicted molar refractivity (Wildman–Crippen MR) is 254 cm³/mol. The van der Waals surface area contributed by atoms with E-state index in [1.807, 2.05) is 74.5 Å². The number of likely N-dealkylation sites (tertiary alicyclic amines) is 1. The molecule has 5 aromatic rings. The molecule has 69 heavy (non-hydrogen) atoms. The van der Waals surface area contributed by atoms with Crippen LogP contribution in [0, 0.1) is 5.92 Å². The molecule has 19 heteroatoms. The van der Waals surface area contributed by atoms with Crippen molar-refractivity contribution in [1.29, 1.82) is 0 Å². The number of alkyl carbamates (subject to hydrolysis) is 2. The van der Waals surface area contributed by atoms with Crippen LogP contribution in [0.25, 0.3) is 33.6 Å². The van der Waals surface area contributed by atoms with Crippen LogP contribution in [-0.2, 0) is 32.2 Å². The lowest BCUT2D eigenvalue weighted by Gasteiger charge is -2.29. The molecule has 19 nitrogen and oxygen atoms in total. The second-order valence-corrected chi connectivity index (χ2v) is 17.7. The smallest absolute Gasteiger partial charge is 0.407 e. The minimum Gasteiger partial charge on any atom is -0.493 e. The van der Waals surface area contributed by atoms with Crippen LogP contribution < -0.4 is 20.1 Å². The summed E-state index contributed by atoms with van der Waals surface area (Å²) in [6.07, 6.45) is 3.57. The number of H-pyrrole nitrogens is 2. The number of amides is 6. The number of hydrogen-bond acceptors (Lipinski definition) is 11. The summed E-state index contributed by atoms with van der Waals surface area (Å²) in [7, 11) is 5.64. The summed E-state index contributed by atoms with van der Waals surface area (Å²) in [6.45, 7) is 10.6. The van der Waals surface area contributed by atoms with Crippen molar-refractivity contribution >= 4 is 30.0 Å². The fourth-order valence-corrected chi connectivity index (χ4v) is 9.31. The number of methoxy groups -OCH3 is 4. The van der Waals surface area contributed by atoms with Gasteiger partial charge in [-0.15, -0.1) is 0 Å². The number of fused-ring (bicyclic) bond motifs is 1. The molecule has 2 aromatic heterocycles. The molecule has 3 aliphatic rings. The number of ether oxygens (including phenoxy) is 4. The Morgan fingerprint density at radius 1 is 0.710 bits per heavy atom. The highest BCUT2D eigenvalue weighted by Crippen LogP contribution is 2.40. The third-order valence-corrected chi connectivity index (χ3v) is 13.0. The quantitative estimate of drug-likeness (QED) is 0.0903. The molecule has 6 amide bonds. The van der Waals surface area contributed by atoms with Gasteiger partial charge in [-0.25, -0.2) is 24.4 Å². The maximum absolute atomic E-state index is 14.4. The Kier molecular flexibility index (Phi) is 13.9. The van der Waals surface area contributed by atoms with E-state index in [0.29, 0.717) is 48.4 Å². The molecule has 362 valence electrons. The molecule has 0 saturated carbocycles. The largest absolute Gasteiger partial charge is 0.493 e. The van der Waals surface area contributed by atoms with E-state index in [4.69, 9.17) is 23.9 Å². The van der Waals surface area contributed by atoms with Gasteiger partial charge in [0, 0.05) is 18.7 Å². The van der Waals surface area contributed by atoms with Crippen LogP contribution in [0.2, 0.25) is 0 Å². The lowest BCUT2D eigenvalue weighted by molar-refractivity contribution is -0.136. The first-order valence-corrected chi connectivity index (χ1v) is 22.8. The van der Waals surface area contributed by atoms with Crippen molar-refractivity contribution < 1.29 is 42.9 Å². The van der Waals surface area contributed by atoms with Gasteiger partial charge in [-0.3, -0.25) is 9.59 Å². The van der Waals surface area contributed by atoms with E-state index in [1.165, 1.54) is 14.2 Å². The Balaban J connectivity index is 0.967. The number of urea groups is 1. The molecule has 4 N–H and O–H groups in total. The monoisotopic (exact) mass is 942 g/mol. The number of carbonyl (C=O) groups is 5. The van der Waals surface area contributed by atoms with E-state index in [1.54, 1.807) is 53.1 Å². The third kappa shape index (κ3) is 9.66. The van der Waals surface area contributed by atoms with Crippen molar-refractivity contribution in [2.45, 2.75) is 70.9 Å². The normalized spacial score (nSPS) is 17.3. The fourth-order valence-electron chi connectivity index (χ4n) is 9.31. The molecule has 0 aliphatic carbocycles. The fraction of sp³-hybridized carbons (Fsp3) is 0.380. The van der Waals surface area contributed by atoms with E-state index in [2.05, 4.69) is 32.2 Å². The van der Waals surface area contributed by atoms with Crippen LogP contribution in [0.15, 0.2) is 85.2 Å². The van der Waals surface area contributed by atoms with E-state index in [9.17, 15) is 24.0 Å². The highest BCUT2D eigenvalue weighted by molar-refractivity contribution is 5.89. The number of aromatic nitrogens is 4. The molecular formula is C50H58N10O9. The molecule has 4 atom stereocenters. The first-order valence-electron chi connectivity index (χ1n) is 22.8. The number of nitrogens with one attached hydrogen (secondary N) is 4. The van der Waals surface area contributed by atoms with Crippen LogP contribution in [0.4, 0.5) is 14.4 Å². The number of aromatic amines is 2. The number of rotatable bonds is 13. The van der Waals surface area contributed by atoms with E-state index in [-0.39, 0.29) is 43.0 Å². The van der Waals surface area contributed by atoms with Gasteiger partial charge in [-0.2, -0.15) is 0 Å². The zero-order valence-corrected chi connectivity index (χ0v) is 39.8. The third-order valence-electron chi connectivity index (χ3n) is 13.0. The Morgan fingerprint density at radius 2 is 1.29 bits per heavy atom. The lowest BCUT2D eigenvalue weighted by Crippen LogP contribution is -2.52. The predicted octanol–water partition coefficient (Wildman–Crippen LogP) is 6.77. The van der Waals surface area contributed by atoms with Gasteiger partial charge in [0.2, 0.25) is 11.8 Å². The van der Waals surface area contributed by atoms with Gasteiger partial charge in [-0.1, -0.05) is 75.0 Å². The van der Waals surface area contributed by atoms with Crippen LogP contribution in [0.3, 0.4) is 0 Å². The van der Waals surface area contributed by atoms with Crippen molar-refractivity contribution in [3.05, 3.63) is 108 Å². The summed E-state index contributed by atoms with van der Waals surface area (Å²) in [5, 5.41) is 5.28. The summed E-state index contributed by atoms with van der Waals surface area (Å²) in [6, 6.07) is 16.9. The highest BCUT2D eigenvalue weighted by Gasteiger charge is 2.44. The average Bonchev–Trinajstić information content (AvgIpc) is 4.23. The second kappa shape index (κ2) is 20.2. The molecule has 2 fully saturated rings. The SMILES string of the molecule is C=C(C)[C@H](NC(=O)OC)C(=O)N1CCC[C@H]1c1ncc(-c2ccc(-c3ccc(-c4cnc([C@@H]5CN(C(=O)N6Cc7ccc(OC)c(OC)c7C6)CN5C(=O)[C@@H](NC(=O)OC)C(C)C)[nH]4)cc3)cc2)[nH]1. The maximum atomic E-state index is 14.4. The zero-order chi connectivity index (χ0) is 49.1. The van der Waals surface area contributed by atoms with Crippen molar-refractivity contribution in [3.63, 3.8) is 0 Å². The van der Waals surface area contributed by atoms with Crippen molar-refractivity contribution in [3.8, 4) is 45.1 Å². The summed E-state index contributed by atoms with van der Waals surface area (Å²) in [5.74, 6) is 1.40. The van der Waals surface area contributed by atoms with Crippen molar-refractivity contribution in [1.82, 2.24) is 50.2 Å². The maximum Gasteiger partial charge on any atom is 0.407 e. The molecule has 0 unspecified atom stereocenters. The van der Waals surface area contributed by atoms with E-state index in [0.717, 1.165) is 57.6 Å². The average molecular weight is 943 g/mol. The number of imidazole rings is 2. The molecule has 3 aromatic carbocycles. The lowest BCUT2D eigenvalue weighted by atomic mass is 10.0. The first kappa shape index (κ1) is 47.7. The van der Waals surface area contributed by atoms with Crippen molar-refractivity contribution in [2.75, 3.05) is 48.2 Å². The molecule has 0 bridgehead atoms. The van der Waals surface area contributed by atoms with Crippen LogP contribution in [-0.4, -0.2) is 130 Å². The van der Waals surface area contributed by atoms with Crippen molar-refractivity contribution in [2.24, 2.45) is 5.92 Å². The molecule has 0 radical (unpaired) electrons. The highest BCUT2D eigenvalue weighted by atomic mass is 16.5. The van der Waals surface area contributed by atoms with Gasteiger partial charge >= 0.3 is 18.2 Å². The van der Waals surface area contributed by atoms with Gasteiger partial charge < -0.3 is 59.1 Å². The first-order chi connectivity index (χ1) is 33.2. The summed E-state index contributed by atoms with van der Waals surface area (Å²) in [4.78, 5) is 89.4. The number of nitrogens with zero attached hydrogens (tertiary/aromatic N) is 6. The summed E-state index contributed by atoms with van der Waals surface area (Å²) >= 11 is 0. The molecule has 5 heterocycles. The Labute approximate surface area is 400 Å². The van der Waals surface area contributed by atoms with Gasteiger partial charge in [0.25, 0.3) is 0 Å². The van der Waals surface area contributed by atoms with Gasteiger partial charge in [0.1, 0.15) is 29.8 Å². The molecule has 3 aliphatic heterocycles. The topological polar surface area (TPSA) is 217 Å². The minimum absolute atomic E-state index is 0.0270. The Hall–Kier alpha value is -7.83. The second-order valence-electron chi connectivity index (χ2n) is 17.7. The van der Waals surface area contributed by atoms with Crippen LogP contribution >= 0.6 is 0 Å². The Bertz CT molecular complexity index is 2730. The van der Waals surface area contributed by atoms with Gasteiger partial charge in [-0.05, 0) is 65.1 Å². The van der Waals surface area contributed by atoms with Gasteiger partial charge in [0.05, 0.1) is 78.0 Å². The minimum atomic E-state index is -0.921. The van der Waals surface area contributed by atoms with Gasteiger partial charge in [0.15, 0.2) is 11.5 Å². The Morgan fingerprint density at radius 3 is 1.84 bits per heavy atom. The van der Waals surface area contributed by atoms with E-state index < -0.39 is 30.3 Å². The number of carbonyl (C=O) groups excluding carboxylic acids is 5. The number of hydrogen-bond donors (Lipinski definition) is 4. The molecule has 2 saturated heterocycles. The standard InChI is InChI=1S/C50H58N10O9/c1-28(2)41(55-48(63)68-7)46(61)59-21-9-10-38(59)44-51-22-36(53-44)32-15-11-30(12-16-32)31-13-17-33(18-14-31)37-23-52-45(54-37)39-26-58(27-60(39)47(62)42(29(3)4)56-49(64)69-8)50(65)57-24-34-19-20-40(66-5)43(67-6)35(34)25-57/h11-20,22-23,29,38-39,41-42H,1,9-10,21,24-27H2,2-8H3,(H,51,53)(H,52,54)(H,55,63)(H,56,64)/t38-,39-,41-,42-/m0/s1. The molecular weight excluding hydrogens is 885 g/mol. The molecule has 0 spiro atoms. The van der Waals surface area contributed by atoms with Crippen LogP contribution in [0.5, 0.6) is 11.5 Å². The summed E-state index contributed by atoms with van der Waals surface area (Å²) in [5.41, 5.74) is 7.63. The summed E-state index contributed by atoms with van der Waals surface area (Å²) < 4.78 is 20.7. The molecule has 8 rings (SSSR count). The van der Waals surface area contributed by atoms with Crippen LogP contribution in [0.1, 0.15) is 68.5 Å². The van der Waals surface area contributed by atoms with E-state index >= 15 is 0 Å².